The maximum absolute atomic E-state index is 12.1. The highest BCUT2D eigenvalue weighted by atomic mass is 35.7. The van der Waals surface area contributed by atoms with Gasteiger partial charge in [0.05, 0.1) is 17.1 Å². The third kappa shape index (κ3) is 5.32. The van der Waals surface area contributed by atoms with Gasteiger partial charge in [-0.1, -0.05) is 26.2 Å². The van der Waals surface area contributed by atoms with Gasteiger partial charge in [-0.2, -0.15) is 0 Å². The largest absolute Gasteiger partial charge is 0.462 e. The summed E-state index contributed by atoms with van der Waals surface area (Å²) in [5, 5.41) is 0. The van der Waals surface area contributed by atoms with Crippen molar-refractivity contribution in [3.8, 4) is 0 Å². The zero-order valence-electron chi connectivity index (χ0n) is 12.6. The highest BCUT2D eigenvalue weighted by Gasteiger charge is 2.18. The number of ether oxygens (including phenoxy) is 1. The molecule has 21 heavy (non-hydrogen) atoms. The Morgan fingerprint density at radius 1 is 1.19 bits per heavy atom. The zero-order valence-corrected chi connectivity index (χ0v) is 14.2. The molecule has 0 N–H and O–H groups in total. The monoisotopic (exact) mass is 332 g/mol. The van der Waals surface area contributed by atoms with Crippen molar-refractivity contribution in [2.75, 3.05) is 6.61 Å². The van der Waals surface area contributed by atoms with Crippen LogP contribution >= 0.6 is 10.7 Å². The van der Waals surface area contributed by atoms with E-state index in [1.54, 1.807) is 13.8 Å². The molecule has 0 unspecified atom stereocenters. The van der Waals surface area contributed by atoms with Crippen LogP contribution in [0.2, 0.25) is 0 Å². The van der Waals surface area contributed by atoms with E-state index in [2.05, 4.69) is 6.92 Å². The van der Waals surface area contributed by atoms with Crippen molar-refractivity contribution in [1.29, 1.82) is 0 Å². The smallest absolute Gasteiger partial charge is 0.338 e. The number of benzene rings is 1. The van der Waals surface area contributed by atoms with Gasteiger partial charge in [-0.05, 0) is 43.5 Å². The van der Waals surface area contributed by atoms with Crippen LogP contribution in [0.25, 0.3) is 0 Å². The Morgan fingerprint density at radius 2 is 1.86 bits per heavy atom. The van der Waals surface area contributed by atoms with Gasteiger partial charge in [0, 0.05) is 10.7 Å². The number of rotatable bonds is 7. The van der Waals surface area contributed by atoms with E-state index >= 15 is 0 Å². The van der Waals surface area contributed by atoms with Crippen LogP contribution in [-0.2, 0) is 13.8 Å². The molecule has 0 spiro atoms. The molecule has 1 aromatic rings. The standard InChI is InChI=1S/C15H21ClO4S/c1-4-5-6-7-8-20-15(17)14-10-13(21(16,18)19)9-11(2)12(14)3/h9-10H,4-8H2,1-3H3. The summed E-state index contributed by atoms with van der Waals surface area (Å²) in [6, 6.07) is 2.73. The Balaban J connectivity index is 2.86. The molecule has 0 amide bonds. The van der Waals surface area contributed by atoms with Crippen LogP contribution in [0.4, 0.5) is 0 Å². The van der Waals surface area contributed by atoms with E-state index in [4.69, 9.17) is 15.4 Å². The minimum absolute atomic E-state index is 0.0785. The number of unbranched alkanes of at least 4 members (excludes halogenated alkanes) is 3. The molecule has 0 aromatic heterocycles. The molecule has 6 heteroatoms. The van der Waals surface area contributed by atoms with E-state index < -0.39 is 15.0 Å². The normalized spacial score (nSPS) is 11.4. The molecule has 0 radical (unpaired) electrons. The van der Waals surface area contributed by atoms with Gasteiger partial charge in [0.25, 0.3) is 9.05 Å². The van der Waals surface area contributed by atoms with E-state index in [0.717, 1.165) is 25.7 Å². The highest BCUT2D eigenvalue weighted by molar-refractivity contribution is 8.13. The van der Waals surface area contributed by atoms with Gasteiger partial charge >= 0.3 is 5.97 Å². The first-order valence-corrected chi connectivity index (χ1v) is 9.31. The molecule has 0 heterocycles. The van der Waals surface area contributed by atoms with E-state index in [1.165, 1.54) is 12.1 Å². The number of carbonyl (C=O) groups excluding carboxylic acids is 1. The van der Waals surface area contributed by atoms with Crippen LogP contribution in [-0.4, -0.2) is 21.0 Å². The minimum atomic E-state index is -3.87. The Bertz CT molecular complexity index is 608. The molecule has 1 aromatic carbocycles. The van der Waals surface area contributed by atoms with Crippen LogP contribution in [0, 0.1) is 13.8 Å². The fraction of sp³-hybridized carbons (Fsp3) is 0.533. The van der Waals surface area contributed by atoms with Crippen LogP contribution < -0.4 is 0 Å². The van der Waals surface area contributed by atoms with Crippen LogP contribution in [0.5, 0.6) is 0 Å². The first kappa shape index (κ1) is 18.0. The molecule has 0 saturated heterocycles. The van der Waals surface area contributed by atoms with Crippen molar-refractivity contribution in [2.24, 2.45) is 0 Å². The third-order valence-corrected chi connectivity index (χ3v) is 4.71. The predicted octanol–water partition coefficient (Wildman–Crippen LogP) is 3.97. The Morgan fingerprint density at radius 3 is 2.43 bits per heavy atom. The number of halogens is 1. The first-order chi connectivity index (χ1) is 9.77. The predicted molar refractivity (Wildman–Crippen MR) is 83.4 cm³/mol. The molecule has 0 aliphatic heterocycles. The van der Waals surface area contributed by atoms with Crippen molar-refractivity contribution in [1.82, 2.24) is 0 Å². The summed E-state index contributed by atoms with van der Waals surface area (Å²) in [6.07, 6.45) is 4.04. The second kappa shape index (κ2) is 7.80. The van der Waals surface area contributed by atoms with Gasteiger partial charge in [0.1, 0.15) is 0 Å². The SMILES string of the molecule is CCCCCCOC(=O)c1cc(S(=O)(=O)Cl)cc(C)c1C. The fourth-order valence-electron chi connectivity index (χ4n) is 1.95. The minimum Gasteiger partial charge on any atom is -0.462 e. The van der Waals surface area contributed by atoms with Gasteiger partial charge < -0.3 is 4.74 Å². The number of carbonyl (C=O) groups is 1. The molecule has 4 nitrogen and oxygen atoms in total. The van der Waals surface area contributed by atoms with Gasteiger partial charge in [0.15, 0.2) is 0 Å². The molecular formula is C15H21ClO4S. The second-order valence-electron chi connectivity index (χ2n) is 5.05. The maximum Gasteiger partial charge on any atom is 0.338 e. The average Bonchev–Trinajstić information content (AvgIpc) is 2.40. The van der Waals surface area contributed by atoms with Gasteiger partial charge in [-0.3, -0.25) is 0 Å². The lowest BCUT2D eigenvalue weighted by Crippen LogP contribution is -2.10. The molecule has 0 aliphatic carbocycles. The summed E-state index contributed by atoms with van der Waals surface area (Å²) in [7, 11) is 1.48. The summed E-state index contributed by atoms with van der Waals surface area (Å²) in [4.78, 5) is 12.0. The maximum atomic E-state index is 12.1. The van der Waals surface area contributed by atoms with Gasteiger partial charge in [-0.15, -0.1) is 0 Å². The lowest BCUT2D eigenvalue weighted by Gasteiger charge is -2.11. The average molecular weight is 333 g/mol. The van der Waals surface area contributed by atoms with Crippen LogP contribution in [0.3, 0.4) is 0 Å². The number of hydrogen-bond acceptors (Lipinski definition) is 4. The molecule has 118 valence electrons. The van der Waals surface area contributed by atoms with Gasteiger partial charge in [-0.25, -0.2) is 13.2 Å². The first-order valence-electron chi connectivity index (χ1n) is 7.00. The fourth-order valence-corrected chi connectivity index (χ4v) is 2.79. The molecule has 0 fully saturated rings. The zero-order chi connectivity index (χ0) is 16.0. The van der Waals surface area contributed by atoms with E-state index in [0.29, 0.717) is 17.7 Å². The number of esters is 1. The number of aryl methyl sites for hydroxylation is 1. The van der Waals surface area contributed by atoms with E-state index in [9.17, 15) is 13.2 Å². The summed E-state index contributed by atoms with van der Waals surface area (Å²) >= 11 is 0. The van der Waals surface area contributed by atoms with Crippen molar-refractivity contribution in [3.63, 3.8) is 0 Å². The molecule has 0 aliphatic rings. The quantitative estimate of drug-likeness (QED) is 0.430. The van der Waals surface area contributed by atoms with Crippen LogP contribution in [0.1, 0.15) is 54.1 Å². The van der Waals surface area contributed by atoms with Crippen molar-refractivity contribution >= 4 is 25.7 Å². The van der Waals surface area contributed by atoms with Crippen molar-refractivity contribution in [3.05, 3.63) is 28.8 Å². The Kier molecular flexibility index (Phi) is 6.68. The molecule has 0 saturated carbocycles. The molecule has 0 atom stereocenters. The highest BCUT2D eigenvalue weighted by Crippen LogP contribution is 2.23. The Hall–Kier alpha value is -1.07. The third-order valence-electron chi connectivity index (χ3n) is 3.37. The van der Waals surface area contributed by atoms with Crippen LogP contribution in [0.15, 0.2) is 17.0 Å². The lowest BCUT2D eigenvalue weighted by molar-refractivity contribution is 0.0496. The topological polar surface area (TPSA) is 60.4 Å². The van der Waals surface area contributed by atoms with Crippen molar-refractivity contribution < 1.29 is 17.9 Å². The molecule has 0 bridgehead atoms. The summed E-state index contributed by atoms with van der Waals surface area (Å²) < 4.78 is 28.0. The molecule has 1 rings (SSSR count). The number of hydrogen-bond donors (Lipinski definition) is 0. The van der Waals surface area contributed by atoms with E-state index in [1.807, 2.05) is 0 Å². The van der Waals surface area contributed by atoms with Gasteiger partial charge in [0.2, 0.25) is 0 Å². The molecular weight excluding hydrogens is 312 g/mol. The summed E-state index contributed by atoms with van der Waals surface area (Å²) in [6.45, 7) is 5.94. The Labute approximate surface area is 130 Å². The summed E-state index contributed by atoms with van der Waals surface area (Å²) in [5.74, 6) is -0.505. The lowest BCUT2D eigenvalue weighted by atomic mass is 10.0. The van der Waals surface area contributed by atoms with E-state index in [-0.39, 0.29) is 10.5 Å². The van der Waals surface area contributed by atoms with Crippen molar-refractivity contribution in [2.45, 2.75) is 51.3 Å². The summed E-state index contributed by atoms with van der Waals surface area (Å²) in [5.41, 5.74) is 1.65. The second-order valence-corrected chi connectivity index (χ2v) is 7.61.